The van der Waals surface area contributed by atoms with Crippen molar-refractivity contribution in [1.29, 1.82) is 0 Å². The number of hydrogen-bond donors (Lipinski definition) is 3. The van der Waals surface area contributed by atoms with Crippen LogP contribution in [0.5, 0.6) is 11.5 Å². The molecule has 0 atom stereocenters. The maximum absolute atomic E-state index is 9.69. The maximum atomic E-state index is 9.69. The van der Waals surface area contributed by atoms with Crippen molar-refractivity contribution in [2.75, 3.05) is 5.01 Å². The van der Waals surface area contributed by atoms with Gasteiger partial charge in [0.2, 0.25) is 0 Å². The summed E-state index contributed by atoms with van der Waals surface area (Å²) in [6.07, 6.45) is 0. The highest BCUT2D eigenvalue weighted by Crippen LogP contribution is 2.30. The highest BCUT2D eigenvalue weighted by Gasteiger charge is 2.09. The Kier molecular flexibility index (Phi) is 3.12. The van der Waals surface area contributed by atoms with E-state index in [-0.39, 0.29) is 11.5 Å². The van der Waals surface area contributed by atoms with Crippen molar-refractivity contribution in [2.24, 2.45) is 5.84 Å². The summed E-state index contributed by atoms with van der Waals surface area (Å²) < 4.78 is 0. The van der Waals surface area contributed by atoms with Crippen LogP contribution < -0.4 is 10.9 Å². The van der Waals surface area contributed by atoms with Crippen LogP contribution in [0.4, 0.5) is 11.4 Å². The van der Waals surface area contributed by atoms with Crippen molar-refractivity contribution in [2.45, 2.75) is 13.8 Å². The molecule has 0 unspecified atom stereocenters. The number of hydrazine groups is 1. The van der Waals surface area contributed by atoms with Crippen molar-refractivity contribution in [1.82, 2.24) is 0 Å². The van der Waals surface area contributed by atoms with Crippen LogP contribution in [-0.2, 0) is 0 Å². The predicted octanol–water partition coefficient (Wildman–Crippen LogP) is 2.73. The molecule has 0 aliphatic heterocycles. The third-order valence-corrected chi connectivity index (χ3v) is 2.91. The van der Waals surface area contributed by atoms with Gasteiger partial charge in [-0.3, -0.25) is 5.01 Å². The van der Waals surface area contributed by atoms with Crippen LogP contribution in [0.1, 0.15) is 11.1 Å². The van der Waals surface area contributed by atoms with Gasteiger partial charge in [0.1, 0.15) is 11.5 Å². The molecular weight excluding hydrogens is 228 g/mol. The second-order valence-electron chi connectivity index (χ2n) is 4.31. The Morgan fingerprint density at radius 1 is 0.944 bits per heavy atom. The summed E-state index contributed by atoms with van der Waals surface area (Å²) in [6.45, 7) is 3.69. The highest BCUT2D eigenvalue weighted by atomic mass is 16.3. The molecule has 2 aromatic carbocycles. The van der Waals surface area contributed by atoms with E-state index in [1.165, 1.54) is 5.01 Å². The Balaban J connectivity index is 2.41. The van der Waals surface area contributed by atoms with E-state index in [1.807, 2.05) is 19.9 Å². The van der Waals surface area contributed by atoms with Gasteiger partial charge in [-0.15, -0.1) is 0 Å². The molecule has 0 saturated carbocycles. The van der Waals surface area contributed by atoms with Crippen molar-refractivity contribution in [3.8, 4) is 11.5 Å². The van der Waals surface area contributed by atoms with Gasteiger partial charge >= 0.3 is 0 Å². The normalized spacial score (nSPS) is 10.4. The van der Waals surface area contributed by atoms with Crippen molar-refractivity contribution in [3.63, 3.8) is 0 Å². The monoisotopic (exact) mass is 244 g/mol. The molecule has 2 rings (SSSR count). The fraction of sp³-hybridized carbons (Fsp3) is 0.143. The molecule has 18 heavy (non-hydrogen) atoms. The van der Waals surface area contributed by atoms with Gasteiger partial charge < -0.3 is 10.2 Å². The van der Waals surface area contributed by atoms with Gasteiger partial charge in [0, 0.05) is 6.07 Å². The Labute approximate surface area is 106 Å². The zero-order valence-corrected chi connectivity index (χ0v) is 10.4. The number of nitrogens with zero attached hydrogens (tertiary/aromatic N) is 1. The summed E-state index contributed by atoms with van der Waals surface area (Å²) in [7, 11) is 0. The fourth-order valence-electron chi connectivity index (χ4n) is 1.80. The summed E-state index contributed by atoms with van der Waals surface area (Å²) in [5.41, 5.74) is 3.12. The number of phenolic OH excluding ortho intramolecular Hbond substituents is 2. The average molecular weight is 244 g/mol. The van der Waals surface area contributed by atoms with Crippen LogP contribution in [0, 0.1) is 13.8 Å². The molecule has 0 aliphatic rings. The van der Waals surface area contributed by atoms with E-state index in [0.717, 1.165) is 16.8 Å². The molecule has 0 aromatic heterocycles. The van der Waals surface area contributed by atoms with E-state index in [1.54, 1.807) is 30.3 Å². The van der Waals surface area contributed by atoms with Crippen LogP contribution in [0.15, 0.2) is 36.4 Å². The summed E-state index contributed by atoms with van der Waals surface area (Å²) in [5, 5.41) is 20.5. The van der Waals surface area contributed by atoms with Crippen LogP contribution in [0.3, 0.4) is 0 Å². The molecule has 0 amide bonds. The van der Waals surface area contributed by atoms with Gasteiger partial charge in [-0.2, -0.15) is 0 Å². The highest BCUT2D eigenvalue weighted by molar-refractivity contribution is 5.67. The molecule has 4 N–H and O–H groups in total. The average Bonchev–Trinajstić information content (AvgIpc) is 2.32. The third kappa shape index (κ3) is 2.24. The Morgan fingerprint density at radius 3 is 2.28 bits per heavy atom. The lowest BCUT2D eigenvalue weighted by molar-refractivity contribution is 0.471. The number of phenols is 2. The van der Waals surface area contributed by atoms with E-state index in [2.05, 4.69) is 0 Å². The van der Waals surface area contributed by atoms with Gasteiger partial charge in [-0.05, 0) is 49.2 Å². The summed E-state index contributed by atoms with van der Waals surface area (Å²) in [4.78, 5) is 0. The van der Waals surface area contributed by atoms with E-state index >= 15 is 0 Å². The van der Waals surface area contributed by atoms with Crippen LogP contribution in [0.25, 0.3) is 0 Å². The number of anilines is 2. The summed E-state index contributed by atoms with van der Waals surface area (Å²) in [5.74, 6) is 6.44. The number of benzene rings is 2. The molecule has 0 heterocycles. The Hall–Kier alpha value is -2.20. The molecule has 94 valence electrons. The van der Waals surface area contributed by atoms with Gasteiger partial charge in [0.15, 0.2) is 0 Å². The molecular formula is C14H16N2O2. The molecule has 4 nitrogen and oxygen atoms in total. The molecule has 0 radical (unpaired) electrons. The van der Waals surface area contributed by atoms with Crippen molar-refractivity contribution < 1.29 is 10.2 Å². The molecule has 0 saturated heterocycles. The number of aromatic hydroxyl groups is 2. The molecule has 0 fully saturated rings. The first-order valence-corrected chi connectivity index (χ1v) is 5.63. The number of nitrogens with two attached hydrogens (primary N) is 1. The molecule has 0 aliphatic carbocycles. The molecule has 0 bridgehead atoms. The first kappa shape index (κ1) is 12.3. The quantitative estimate of drug-likeness (QED) is 0.561. The van der Waals surface area contributed by atoms with E-state index in [9.17, 15) is 10.2 Å². The van der Waals surface area contributed by atoms with Gasteiger partial charge in [0.05, 0.1) is 11.4 Å². The number of rotatable bonds is 2. The fourth-order valence-corrected chi connectivity index (χ4v) is 1.80. The van der Waals surface area contributed by atoms with Crippen LogP contribution in [0.2, 0.25) is 0 Å². The Bertz CT molecular complexity index is 582. The second kappa shape index (κ2) is 4.58. The smallest absolute Gasteiger partial charge is 0.120 e. The lowest BCUT2D eigenvalue weighted by Gasteiger charge is -2.21. The van der Waals surface area contributed by atoms with Crippen LogP contribution >= 0.6 is 0 Å². The predicted molar refractivity (Wildman–Crippen MR) is 72.0 cm³/mol. The first-order valence-electron chi connectivity index (χ1n) is 5.63. The zero-order valence-electron chi connectivity index (χ0n) is 10.4. The minimum absolute atomic E-state index is 0.205. The SMILES string of the molecule is Cc1ccc(N(N)c2ccc(O)cc2C)cc1O. The van der Waals surface area contributed by atoms with Crippen molar-refractivity contribution in [3.05, 3.63) is 47.5 Å². The van der Waals surface area contributed by atoms with Gasteiger partial charge in [0.25, 0.3) is 0 Å². The standard InChI is InChI=1S/C14H16N2O2/c1-9-3-4-11(8-14(9)18)16(15)13-6-5-12(17)7-10(13)2/h3-8,17-18H,15H2,1-2H3. The topological polar surface area (TPSA) is 69.7 Å². The molecule has 4 heteroatoms. The second-order valence-corrected chi connectivity index (χ2v) is 4.31. The minimum Gasteiger partial charge on any atom is -0.508 e. The molecule has 2 aromatic rings. The summed E-state index contributed by atoms with van der Waals surface area (Å²) >= 11 is 0. The first-order chi connectivity index (χ1) is 8.49. The number of aryl methyl sites for hydroxylation is 2. The zero-order chi connectivity index (χ0) is 13.3. The molecule has 0 spiro atoms. The largest absolute Gasteiger partial charge is 0.508 e. The van der Waals surface area contributed by atoms with Crippen molar-refractivity contribution >= 4 is 11.4 Å². The summed E-state index contributed by atoms with van der Waals surface area (Å²) in [6, 6.07) is 10.2. The minimum atomic E-state index is 0.205. The lowest BCUT2D eigenvalue weighted by Crippen LogP contribution is -2.25. The van der Waals surface area contributed by atoms with Crippen LogP contribution in [-0.4, -0.2) is 10.2 Å². The number of hydrogen-bond acceptors (Lipinski definition) is 4. The third-order valence-electron chi connectivity index (χ3n) is 2.91. The lowest BCUT2D eigenvalue weighted by atomic mass is 10.1. The van der Waals surface area contributed by atoms with Gasteiger partial charge in [-0.25, -0.2) is 5.84 Å². The van der Waals surface area contributed by atoms with E-state index < -0.39 is 0 Å². The van der Waals surface area contributed by atoms with E-state index in [4.69, 9.17) is 5.84 Å². The van der Waals surface area contributed by atoms with Gasteiger partial charge in [-0.1, -0.05) is 6.07 Å². The maximum Gasteiger partial charge on any atom is 0.120 e. The Morgan fingerprint density at radius 2 is 1.67 bits per heavy atom. The van der Waals surface area contributed by atoms with E-state index in [0.29, 0.717) is 5.69 Å².